The van der Waals surface area contributed by atoms with Crippen molar-refractivity contribution in [1.82, 2.24) is 9.80 Å². The van der Waals surface area contributed by atoms with Crippen LogP contribution in [0.15, 0.2) is 42.5 Å². The molecule has 0 atom stereocenters. The number of Topliss-reactive ketones (excluding diaryl/α,β-unsaturated/α-hetero) is 1. The van der Waals surface area contributed by atoms with E-state index >= 15 is 0 Å². The molecule has 0 radical (unpaired) electrons. The van der Waals surface area contributed by atoms with Crippen molar-refractivity contribution in [1.29, 1.82) is 0 Å². The number of carbonyl (C=O) groups excluding carboxylic acids is 3. The molecule has 5 nitrogen and oxygen atoms in total. The fraction of sp³-hybridized carbons (Fsp3) is 0.375. The molecule has 1 aliphatic rings. The number of nitrogens with zero attached hydrogens (tertiary/aromatic N) is 2. The zero-order chi connectivity index (χ0) is 21.0. The molecule has 1 fully saturated rings. The van der Waals surface area contributed by atoms with Crippen LogP contribution in [-0.4, -0.2) is 53.6 Å². The van der Waals surface area contributed by atoms with E-state index in [4.69, 9.17) is 0 Å². The molecule has 0 bridgehead atoms. The van der Waals surface area contributed by atoms with Crippen LogP contribution < -0.4 is 0 Å². The standard InChI is InChI=1S/C24H28N2O3/c1-17-4-7-20(8-5-17)22(27)10-11-23(28)25-12-14-26(15-13-25)24(29)21-9-6-18(2)19(3)16-21/h4-9,16H,10-15H2,1-3H3. The van der Waals surface area contributed by atoms with E-state index in [1.165, 1.54) is 0 Å². The summed E-state index contributed by atoms with van der Waals surface area (Å²) in [6.45, 7) is 8.05. The molecule has 5 heteroatoms. The lowest BCUT2D eigenvalue weighted by atomic mass is 10.0. The molecule has 2 aromatic carbocycles. The molecule has 1 saturated heterocycles. The van der Waals surface area contributed by atoms with Gasteiger partial charge in [0, 0.05) is 50.1 Å². The Hall–Kier alpha value is -2.95. The normalized spacial score (nSPS) is 14.0. The second-order valence-electron chi connectivity index (χ2n) is 7.76. The molecule has 152 valence electrons. The van der Waals surface area contributed by atoms with Gasteiger partial charge in [-0.25, -0.2) is 0 Å². The molecule has 0 unspecified atom stereocenters. The molecule has 0 aromatic heterocycles. The summed E-state index contributed by atoms with van der Waals surface area (Å²) in [5.74, 6) is -0.0274. The predicted octanol–water partition coefficient (Wildman–Crippen LogP) is 3.56. The molecule has 0 N–H and O–H groups in total. The summed E-state index contributed by atoms with van der Waals surface area (Å²) in [7, 11) is 0. The van der Waals surface area contributed by atoms with Crippen molar-refractivity contribution in [2.75, 3.05) is 26.2 Å². The van der Waals surface area contributed by atoms with Gasteiger partial charge in [0.15, 0.2) is 5.78 Å². The maximum absolute atomic E-state index is 12.7. The molecule has 0 spiro atoms. The zero-order valence-corrected chi connectivity index (χ0v) is 17.4. The van der Waals surface area contributed by atoms with Crippen LogP contribution in [0.2, 0.25) is 0 Å². The van der Waals surface area contributed by atoms with E-state index in [0.29, 0.717) is 37.3 Å². The second kappa shape index (κ2) is 9.03. The van der Waals surface area contributed by atoms with Crippen molar-refractivity contribution in [2.24, 2.45) is 0 Å². The van der Waals surface area contributed by atoms with Gasteiger partial charge in [-0.3, -0.25) is 14.4 Å². The third kappa shape index (κ3) is 5.11. The van der Waals surface area contributed by atoms with Crippen molar-refractivity contribution in [3.63, 3.8) is 0 Å². The first-order chi connectivity index (χ1) is 13.8. The van der Waals surface area contributed by atoms with Gasteiger partial charge in [0.25, 0.3) is 5.91 Å². The predicted molar refractivity (Wildman–Crippen MR) is 113 cm³/mol. The number of hydrogen-bond acceptors (Lipinski definition) is 3. The fourth-order valence-corrected chi connectivity index (χ4v) is 3.48. The average Bonchev–Trinajstić information content (AvgIpc) is 2.74. The van der Waals surface area contributed by atoms with Gasteiger partial charge < -0.3 is 9.80 Å². The van der Waals surface area contributed by atoms with E-state index in [-0.39, 0.29) is 30.4 Å². The second-order valence-corrected chi connectivity index (χ2v) is 7.76. The number of aryl methyl sites for hydroxylation is 3. The highest BCUT2D eigenvalue weighted by Gasteiger charge is 2.25. The van der Waals surface area contributed by atoms with Crippen LogP contribution in [0.1, 0.15) is 50.2 Å². The van der Waals surface area contributed by atoms with E-state index in [1.54, 1.807) is 21.9 Å². The third-order valence-corrected chi connectivity index (χ3v) is 5.61. The minimum absolute atomic E-state index is 0.00903. The van der Waals surface area contributed by atoms with Gasteiger partial charge in [-0.2, -0.15) is 0 Å². The zero-order valence-electron chi connectivity index (χ0n) is 17.4. The fourth-order valence-electron chi connectivity index (χ4n) is 3.48. The SMILES string of the molecule is Cc1ccc(C(=O)CCC(=O)N2CCN(C(=O)c3ccc(C)c(C)c3)CC2)cc1. The molecule has 1 aliphatic heterocycles. The van der Waals surface area contributed by atoms with Crippen LogP contribution in [-0.2, 0) is 4.79 Å². The van der Waals surface area contributed by atoms with Gasteiger partial charge in [-0.1, -0.05) is 35.9 Å². The molecule has 2 aromatic rings. The van der Waals surface area contributed by atoms with E-state index in [9.17, 15) is 14.4 Å². The molecule has 29 heavy (non-hydrogen) atoms. The molecular weight excluding hydrogens is 364 g/mol. The van der Waals surface area contributed by atoms with Crippen LogP contribution in [0, 0.1) is 20.8 Å². The summed E-state index contributed by atoms with van der Waals surface area (Å²) in [6.07, 6.45) is 0.418. The summed E-state index contributed by atoms with van der Waals surface area (Å²) in [5.41, 5.74) is 4.70. The van der Waals surface area contributed by atoms with Crippen LogP contribution in [0.3, 0.4) is 0 Å². The Kier molecular flexibility index (Phi) is 6.47. The first-order valence-electron chi connectivity index (χ1n) is 10.1. The van der Waals surface area contributed by atoms with Crippen LogP contribution in [0.4, 0.5) is 0 Å². The summed E-state index contributed by atoms with van der Waals surface area (Å²) >= 11 is 0. The molecular formula is C24H28N2O3. The van der Waals surface area contributed by atoms with Gasteiger partial charge in [0.2, 0.25) is 5.91 Å². The van der Waals surface area contributed by atoms with Crippen molar-refractivity contribution in [3.05, 3.63) is 70.3 Å². The molecule has 0 aliphatic carbocycles. The largest absolute Gasteiger partial charge is 0.339 e. The molecule has 2 amide bonds. The van der Waals surface area contributed by atoms with Gasteiger partial charge in [0.1, 0.15) is 0 Å². The number of ketones is 1. The number of amides is 2. The summed E-state index contributed by atoms with van der Waals surface area (Å²) in [5, 5.41) is 0. The van der Waals surface area contributed by atoms with E-state index < -0.39 is 0 Å². The van der Waals surface area contributed by atoms with E-state index in [0.717, 1.165) is 16.7 Å². The molecule has 1 heterocycles. The molecule has 3 rings (SSSR count). The number of piperazine rings is 1. The Balaban J connectivity index is 1.48. The number of hydrogen-bond donors (Lipinski definition) is 0. The number of carbonyl (C=O) groups is 3. The Bertz CT molecular complexity index is 910. The van der Waals surface area contributed by atoms with Gasteiger partial charge in [-0.05, 0) is 44.0 Å². The lowest BCUT2D eigenvalue weighted by Gasteiger charge is -2.35. The Labute approximate surface area is 172 Å². The van der Waals surface area contributed by atoms with Gasteiger partial charge >= 0.3 is 0 Å². The summed E-state index contributed by atoms with van der Waals surface area (Å²) in [6, 6.07) is 13.2. The average molecular weight is 392 g/mol. The monoisotopic (exact) mass is 392 g/mol. The minimum Gasteiger partial charge on any atom is -0.339 e. The lowest BCUT2D eigenvalue weighted by molar-refractivity contribution is -0.132. The van der Waals surface area contributed by atoms with E-state index in [1.807, 2.05) is 51.1 Å². The Morgan fingerprint density at radius 3 is 1.93 bits per heavy atom. The third-order valence-electron chi connectivity index (χ3n) is 5.61. The Morgan fingerprint density at radius 2 is 1.31 bits per heavy atom. The van der Waals surface area contributed by atoms with Gasteiger partial charge in [-0.15, -0.1) is 0 Å². The topological polar surface area (TPSA) is 57.7 Å². The number of benzene rings is 2. The first-order valence-corrected chi connectivity index (χ1v) is 10.1. The number of rotatable bonds is 5. The highest BCUT2D eigenvalue weighted by molar-refractivity contribution is 5.98. The van der Waals surface area contributed by atoms with Crippen LogP contribution in [0.25, 0.3) is 0 Å². The van der Waals surface area contributed by atoms with Crippen LogP contribution >= 0.6 is 0 Å². The summed E-state index contributed by atoms with van der Waals surface area (Å²) in [4.78, 5) is 41.0. The Morgan fingerprint density at radius 1 is 0.724 bits per heavy atom. The van der Waals surface area contributed by atoms with Crippen molar-refractivity contribution >= 4 is 17.6 Å². The van der Waals surface area contributed by atoms with E-state index in [2.05, 4.69) is 0 Å². The van der Waals surface area contributed by atoms with Crippen LogP contribution in [0.5, 0.6) is 0 Å². The van der Waals surface area contributed by atoms with Gasteiger partial charge in [0.05, 0.1) is 0 Å². The highest BCUT2D eigenvalue weighted by Crippen LogP contribution is 2.15. The molecule has 0 saturated carbocycles. The maximum atomic E-state index is 12.7. The first kappa shape index (κ1) is 20.8. The maximum Gasteiger partial charge on any atom is 0.253 e. The lowest BCUT2D eigenvalue weighted by Crippen LogP contribution is -2.50. The quantitative estimate of drug-likeness (QED) is 0.731. The van der Waals surface area contributed by atoms with Crippen molar-refractivity contribution < 1.29 is 14.4 Å². The minimum atomic E-state index is -0.0243. The highest BCUT2D eigenvalue weighted by atomic mass is 16.2. The van der Waals surface area contributed by atoms with Crippen molar-refractivity contribution in [2.45, 2.75) is 33.6 Å². The van der Waals surface area contributed by atoms with Crippen molar-refractivity contribution in [3.8, 4) is 0 Å². The summed E-state index contributed by atoms with van der Waals surface area (Å²) < 4.78 is 0. The smallest absolute Gasteiger partial charge is 0.253 e.